The van der Waals surface area contributed by atoms with Gasteiger partial charge < -0.3 is 60.7 Å². The third-order valence-corrected chi connectivity index (χ3v) is 20.1. The number of carbonyl (C=O) groups is 6. The minimum atomic E-state index is -0.647. The highest BCUT2D eigenvalue weighted by atomic mass is 32.2. The van der Waals surface area contributed by atoms with Gasteiger partial charge in [-0.05, 0) is 170 Å². The zero-order chi connectivity index (χ0) is 89.5. The van der Waals surface area contributed by atoms with Crippen LogP contribution in [0.15, 0.2) is 30.9 Å². The lowest BCUT2D eigenvalue weighted by atomic mass is 10.2. The maximum Gasteiger partial charge on any atom is 0.307 e. The molecule has 0 aliphatic carbocycles. The van der Waals surface area contributed by atoms with Gasteiger partial charge in [0, 0.05) is 112 Å². The normalized spacial score (nSPS) is 12.0. The lowest BCUT2D eigenvalue weighted by molar-refractivity contribution is -0.155. The van der Waals surface area contributed by atoms with Gasteiger partial charge >= 0.3 is 35.8 Å². The molecule has 6 aromatic heterocycles. The maximum atomic E-state index is 12.8. The molecule has 6 rings (SSSR count). The molecule has 0 saturated heterocycles. The molecule has 0 spiro atoms. The molecular formula is C80H126N24O12S6. The summed E-state index contributed by atoms with van der Waals surface area (Å²) in [4.78, 5) is 161. The summed E-state index contributed by atoms with van der Waals surface area (Å²) in [6.07, 6.45) is 8.07. The average molecular weight is 1810 g/mol. The smallest absolute Gasteiger partial charge is 0.307 e. The van der Waals surface area contributed by atoms with Crippen LogP contribution in [0.5, 0.6) is 0 Å². The largest absolute Gasteiger partial charge is 0.460 e. The van der Waals surface area contributed by atoms with Crippen molar-refractivity contribution in [2.24, 2.45) is 5.73 Å². The summed E-state index contributed by atoms with van der Waals surface area (Å²) in [5, 5.41) is 19.6. The molecule has 122 heavy (non-hydrogen) atoms. The van der Waals surface area contributed by atoms with E-state index < -0.39 is 33.6 Å². The number of hydrogen-bond acceptors (Lipinski definition) is 42. The van der Waals surface area contributed by atoms with Crippen LogP contribution < -0.4 is 32.3 Å². The second-order valence-corrected chi connectivity index (χ2v) is 40.1. The van der Waals surface area contributed by atoms with Gasteiger partial charge in [0.2, 0.25) is 29.7 Å². The van der Waals surface area contributed by atoms with Crippen LogP contribution in [0, 0.1) is 0 Å². The highest BCUT2D eigenvalue weighted by Gasteiger charge is 2.25. The first kappa shape index (κ1) is 103. The topological polar surface area (TPSA) is 476 Å². The molecule has 674 valence electrons. The Morgan fingerprint density at radius 2 is 0.426 bits per heavy atom. The van der Waals surface area contributed by atoms with Gasteiger partial charge in [-0.15, -0.1) is 0 Å². The lowest BCUT2D eigenvalue weighted by Gasteiger charge is -2.19. The molecule has 6 aromatic rings. The second kappa shape index (κ2) is 51.4. The number of aromatic nitrogens is 18. The van der Waals surface area contributed by atoms with E-state index in [2.05, 4.69) is 51.5 Å². The Kier molecular flexibility index (Phi) is 43.3. The molecule has 0 saturated carbocycles. The van der Waals surface area contributed by atoms with Gasteiger partial charge in [0.05, 0.1) is 38.5 Å². The van der Waals surface area contributed by atoms with Crippen LogP contribution in [0.2, 0.25) is 0 Å². The third-order valence-electron chi connectivity index (χ3n) is 15.0. The van der Waals surface area contributed by atoms with Crippen molar-refractivity contribution in [3.05, 3.63) is 40.8 Å². The van der Waals surface area contributed by atoms with Crippen molar-refractivity contribution >= 4 is 136 Å². The highest BCUT2D eigenvalue weighted by Crippen LogP contribution is 2.26. The van der Waals surface area contributed by atoms with E-state index in [9.17, 15) is 28.8 Å². The van der Waals surface area contributed by atoms with Gasteiger partial charge in [0.15, 0.2) is 30.9 Å². The van der Waals surface area contributed by atoms with Gasteiger partial charge in [0.1, 0.15) is 74.4 Å². The van der Waals surface area contributed by atoms with Gasteiger partial charge in [0.25, 0.3) is 0 Å². The molecule has 36 nitrogen and oxygen atoms in total. The van der Waals surface area contributed by atoms with E-state index in [-0.39, 0.29) is 74.3 Å². The van der Waals surface area contributed by atoms with Gasteiger partial charge in [-0.3, -0.25) is 28.8 Å². The molecular weight excluding hydrogens is 1680 g/mol. The maximum absolute atomic E-state index is 12.8. The van der Waals surface area contributed by atoms with E-state index in [1.54, 1.807) is 0 Å². The van der Waals surface area contributed by atoms with Crippen molar-refractivity contribution < 1.29 is 57.2 Å². The number of anilines is 5. The zero-order valence-corrected chi connectivity index (χ0v) is 79.3. The number of thioether (sulfide) groups is 6. The first-order valence-electron chi connectivity index (χ1n) is 41.4. The van der Waals surface area contributed by atoms with Crippen LogP contribution >= 0.6 is 70.6 Å². The summed E-state index contributed by atoms with van der Waals surface area (Å²) in [5.74, 6) is 6.32. The molecule has 0 aromatic carbocycles. The number of rotatable bonds is 53. The Morgan fingerprint density at radius 1 is 0.254 bits per heavy atom. The molecule has 0 aliphatic heterocycles. The minimum absolute atomic E-state index is 0.135. The van der Waals surface area contributed by atoms with Crippen molar-refractivity contribution in [3.8, 4) is 0 Å². The summed E-state index contributed by atoms with van der Waals surface area (Å²) in [7, 11) is 0. The molecule has 0 fully saturated rings. The van der Waals surface area contributed by atoms with E-state index in [4.69, 9.17) is 98.9 Å². The quantitative estimate of drug-likeness (QED) is 0.00894. The molecule has 0 radical (unpaired) electrons. The van der Waals surface area contributed by atoms with E-state index in [1.807, 2.05) is 132 Å². The number of nitrogens with two attached hydrogens (primary N) is 1. The predicted octanol–water partition coefficient (Wildman–Crippen LogP) is 12.4. The number of aryl methyl sites for hydroxylation is 7. The number of carbonyl (C=O) groups excluding carboxylic acids is 6. The standard InChI is InChI=1S/C80H126N24O12S6/c1-20-51-87-52(94-69(93-51)117-45-33-58(105)111-75(2,3)4)28-22-40-82-65-89-54(96-71(101-65)119-47-35-60(107)113-77(8,9)10)30-24-42-84-67-91-56(98-73(103-67)121-49-37-62(109)115-79(14,15)16)32-26-44-86-68-92-57(99-74(104-68)122-50-38-63(110)116-80(17,18)19)31-25-43-85-66-90-55(97-72(102-66)120-48-36-61(108)114-78(11,12)13)29-23-41-83-64-88-53(27-21-39-81)95-70(100-64)118-46-34-59(106)112-76(5,6)7/h20-50,81H2,1-19H3,(H,82,89,96,101)(H,83,88,95,100)(H,84,91,98,103)(H,85,90,97,102)(H,86,92,99,104). The molecule has 0 aliphatic rings. The van der Waals surface area contributed by atoms with Crippen LogP contribution in [0.3, 0.4) is 0 Å². The summed E-state index contributed by atoms with van der Waals surface area (Å²) >= 11 is 8.05. The summed E-state index contributed by atoms with van der Waals surface area (Å²) in [6, 6.07) is 0. The molecule has 0 atom stereocenters. The SMILES string of the molecule is CCc1nc(CCCNc2nc(CCCNc3nc(CCCNc4nc(CCCNc5nc(CCCNc6nc(CCCN)nc(SCCC(=O)OC(C)(C)C)n6)nc(SCCC(=O)OC(C)(C)C)n5)nc(SCCC(=O)OC(C)(C)C)n4)nc(SCCC(=O)OC(C)(C)C)n3)nc(SCCC(=O)OC(C)(C)C)n2)nc(SCCC(=O)OC(C)(C)C)n1. The van der Waals surface area contributed by atoms with Crippen molar-refractivity contribution in [1.29, 1.82) is 0 Å². The fourth-order valence-electron chi connectivity index (χ4n) is 10.3. The van der Waals surface area contributed by atoms with E-state index in [0.717, 1.165) is 0 Å². The van der Waals surface area contributed by atoms with Crippen LogP contribution in [-0.4, -0.2) is 233 Å². The second-order valence-electron chi connectivity index (χ2n) is 33.7. The molecule has 0 amide bonds. The number of hydrogen-bond donors (Lipinski definition) is 6. The van der Waals surface area contributed by atoms with Crippen LogP contribution in [0.4, 0.5) is 29.7 Å². The first-order chi connectivity index (χ1) is 57.4. The number of nitrogens with one attached hydrogen (secondary N) is 5. The molecule has 7 N–H and O–H groups in total. The molecule has 6 heterocycles. The van der Waals surface area contributed by atoms with Gasteiger partial charge in [-0.1, -0.05) is 77.5 Å². The van der Waals surface area contributed by atoms with Crippen LogP contribution in [0.25, 0.3) is 0 Å². The van der Waals surface area contributed by atoms with Crippen molar-refractivity contribution in [2.75, 3.05) is 100 Å². The summed E-state index contributed by atoms with van der Waals surface area (Å²) in [5.41, 5.74) is 2.14. The monoisotopic (exact) mass is 1810 g/mol. The third kappa shape index (κ3) is 47.1. The summed E-state index contributed by atoms with van der Waals surface area (Å²) in [6.45, 7) is 37.6. The number of esters is 6. The Labute approximate surface area is 743 Å². The molecule has 0 unspecified atom stereocenters. The lowest BCUT2D eigenvalue weighted by Crippen LogP contribution is -2.24. The van der Waals surface area contributed by atoms with Gasteiger partial charge in [-0.2, -0.15) is 49.8 Å². The first-order valence-corrected chi connectivity index (χ1v) is 47.3. The van der Waals surface area contributed by atoms with Crippen molar-refractivity contribution in [1.82, 2.24) is 89.7 Å². The van der Waals surface area contributed by atoms with Gasteiger partial charge in [-0.25, -0.2) is 39.9 Å². The number of ether oxygens (including phenoxy) is 6. The average Bonchev–Trinajstić information content (AvgIpc) is 0.867. The van der Waals surface area contributed by atoms with Crippen LogP contribution in [-0.2, 0) is 102 Å². The fraction of sp³-hybridized carbons (Fsp3) is 0.700. The van der Waals surface area contributed by atoms with Crippen molar-refractivity contribution in [3.63, 3.8) is 0 Å². The summed E-state index contributed by atoms with van der Waals surface area (Å²) < 4.78 is 33.3. The highest BCUT2D eigenvalue weighted by molar-refractivity contribution is 8.00. The Balaban J connectivity index is 1.13. The number of nitrogens with zero attached hydrogens (tertiary/aromatic N) is 18. The van der Waals surface area contributed by atoms with E-state index in [1.165, 1.54) is 70.6 Å². The van der Waals surface area contributed by atoms with Crippen LogP contribution in [0.1, 0.15) is 249 Å². The zero-order valence-electron chi connectivity index (χ0n) is 74.4. The van der Waals surface area contributed by atoms with Crippen molar-refractivity contribution in [2.45, 2.75) is 318 Å². The van der Waals surface area contributed by atoms with E-state index in [0.29, 0.717) is 259 Å². The Bertz CT molecular complexity index is 4320. The van der Waals surface area contributed by atoms with E-state index >= 15 is 0 Å². The minimum Gasteiger partial charge on any atom is -0.460 e. The predicted molar refractivity (Wildman–Crippen MR) is 477 cm³/mol. The Morgan fingerprint density at radius 3 is 0.607 bits per heavy atom. The molecule has 42 heteroatoms. The molecule has 0 bridgehead atoms. The Hall–Kier alpha value is -8.06. The fourth-order valence-corrected chi connectivity index (χ4v) is 14.9.